The maximum absolute atomic E-state index is 12.4. The van der Waals surface area contributed by atoms with Crippen LogP contribution in [-0.2, 0) is 16.4 Å². The van der Waals surface area contributed by atoms with Crippen molar-refractivity contribution in [2.24, 2.45) is 4.99 Å². The monoisotopic (exact) mass is 554 g/mol. The van der Waals surface area contributed by atoms with Crippen molar-refractivity contribution < 1.29 is 12.8 Å². The first-order valence-corrected chi connectivity index (χ1v) is 11.4. The molecule has 7 nitrogen and oxygen atoms in total. The number of nitrogens with zero attached hydrogens (tertiary/aromatic N) is 2. The minimum absolute atomic E-state index is 0. The highest BCUT2D eigenvalue weighted by atomic mass is 127. The summed E-state index contributed by atoms with van der Waals surface area (Å²) in [6, 6.07) is 16.4. The summed E-state index contributed by atoms with van der Waals surface area (Å²) in [5.74, 6) is 1.05. The fourth-order valence-corrected chi connectivity index (χ4v) is 3.94. The van der Waals surface area contributed by atoms with Crippen molar-refractivity contribution in [3.63, 3.8) is 0 Å². The Hall–Kier alpha value is -2.40. The first-order valence-electron chi connectivity index (χ1n) is 9.79. The van der Waals surface area contributed by atoms with Gasteiger partial charge in [-0.15, -0.1) is 24.0 Å². The number of hydrogen-bond acceptors (Lipinski definition) is 5. The lowest BCUT2D eigenvalue weighted by molar-refractivity contribution is 0.572. The zero-order valence-electron chi connectivity index (χ0n) is 17.5. The van der Waals surface area contributed by atoms with Gasteiger partial charge in [-0.05, 0) is 38.1 Å². The summed E-state index contributed by atoms with van der Waals surface area (Å²) < 4.78 is 30.3. The van der Waals surface area contributed by atoms with Gasteiger partial charge >= 0.3 is 0 Å². The predicted molar refractivity (Wildman–Crippen MR) is 133 cm³/mol. The number of halogens is 1. The molecule has 2 N–H and O–H groups in total. The lowest BCUT2D eigenvalue weighted by atomic mass is 10.1. The van der Waals surface area contributed by atoms with Crippen molar-refractivity contribution in [1.82, 2.24) is 15.6 Å². The Morgan fingerprint density at radius 2 is 1.77 bits per heavy atom. The van der Waals surface area contributed by atoms with Gasteiger partial charge in [-0.3, -0.25) is 0 Å². The van der Waals surface area contributed by atoms with Gasteiger partial charge in [0.15, 0.2) is 15.8 Å². The molecule has 0 atom stereocenters. The van der Waals surface area contributed by atoms with Gasteiger partial charge in [0.2, 0.25) is 5.89 Å². The van der Waals surface area contributed by atoms with E-state index >= 15 is 0 Å². The van der Waals surface area contributed by atoms with E-state index < -0.39 is 9.84 Å². The number of aromatic nitrogens is 1. The van der Waals surface area contributed by atoms with Crippen LogP contribution in [0.5, 0.6) is 0 Å². The Balaban J connectivity index is 0.00000341. The van der Waals surface area contributed by atoms with Crippen molar-refractivity contribution in [2.45, 2.75) is 25.3 Å². The van der Waals surface area contributed by atoms with Crippen LogP contribution in [0.4, 0.5) is 0 Å². The zero-order valence-corrected chi connectivity index (χ0v) is 20.7. The highest BCUT2D eigenvalue weighted by Crippen LogP contribution is 2.19. The summed E-state index contributed by atoms with van der Waals surface area (Å²) in [6.45, 7) is 5.20. The van der Waals surface area contributed by atoms with E-state index in [9.17, 15) is 8.42 Å². The largest absolute Gasteiger partial charge is 0.444 e. The molecule has 2 aromatic carbocycles. The van der Waals surface area contributed by atoms with E-state index in [1.807, 2.05) is 38.1 Å². The van der Waals surface area contributed by atoms with E-state index in [0.717, 1.165) is 5.56 Å². The predicted octanol–water partition coefficient (Wildman–Crippen LogP) is 3.80. The molecule has 0 fully saturated rings. The summed E-state index contributed by atoms with van der Waals surface area (Å²) >= 11 is 0. The van der Waals surface area contributed by atoms with Gasteiger partial charge in [-0.1, -0.05) is 35.9 Å². The number of sulfone groups is 1. The van der Waals surface area contributed by atoms with Crippen LogP contribution < -0.4 is 10.6 Å². The molecular weight excluding hydrogens is 527 g/mol. The zero-order chi connectivity index (χ0) is 21.4. The molecule has 3 aromatic rings. The summed E-state index contributed by atoms with van der Waals surface area (Å²) in [5.41, 5.74) is 2.78. The lowest BCUT2D eigenvalue weighted by Gasteiger charge is -2.11. The van der Waals surface area contributed by atoms with Gasteiger partial charge in [-0.2, -0.15) is 0 Å². The summed E-state index contributed by atoms with van der Waals surface area (Å²) in [6.07, 6.45) is 1.59. The number of guanidine groups is 1. The van der Waals surface area contributed by atoms with Gasteiger partial charge in [0.05, 0.1) is 17.2 Å². The first-order chi connectivity index (χ1) is 14.5. The smallest absolute Gasteiger partial charge is 0.226 e. The first kappa shape index (κ1) is 24.9. The summed E-state index contributed by atoms with van der Waals surface area (Å²) in [4.78, 5) is 9.27. The second-order valence-corrected chi connectivity index (χ2v) is 8.87. The van der Waals surface area contributed by atoms with Crippen LogP contribution in [-0.4, -0.2) is 38.2 Å². The minimum atomic E-state index is -3.34. The highest BCUT2D eigenvalue weighted by molar-refractivity contribution is 14.0. The van der Waals surface area contributed by atoms with E-state index in [1.165, 1.54) is 5.56 Å². The third-order valence-corrected chi connectivity index (χ3v) is 6.09. The molecule has 0 aliphatic heterocycles. The molecule has 9 heteroatoms. The van der Waals surface area contributed by atoms with Crippen LogP contribution in [0, 0.1) is 6.92 Å². The molecule has 0 spiro atoms. The SMILES string of the molecule is CCNC(=NCc1coc(-c2ccc(C)cc2)n1)NCCS(=O)(=O)c1ccccc1.I. The molecule has 0 saturated heterocycles. The maximum Gasteiger partial charge on any atom is 0.226 e. The van der Waals surface area contributed by atoms with Crippen LogP contribution in [0.25, 0.3) is 11.5 Å². The second kappa shape index (κ2) is 11.8. The van der Waals surface area contributed by atoms with Crippen molar-refractivity contribution in [3.05, 3.63) is 72.1 Å². The molecule has 0 aliphatic rings. The van der Waals surface area contributed by atoms with Crippen molar-refractivity contribution in [1.29, 1.82) is 0 Å². The fourth-order valence-electron chi connectivity index (χ4n) is 2.76. The van der Waals surface area contributed by atoms with E-state index in [0.29, 0.717) is 35.5 Å². The molecule has 0 bridgehead atoms. The number of rotatable bonds is 8. The van der Waals surface area contributed by atoms with Gasteiger partial charge in [0.25, 0.3) is 0 Å². The second-order valence-electron chi connectivity index (χ2n) is 6.76. The summed E-state index contributed by atoms with van der Waals surface area (Å²) in [5, 5.41) is 6.17. The Labute approximate surface area is 200 Å². The molecular formula is C22H27IN4O3S. The molecule has 1 aromatic heterocycles. The molecule has 0 amide bonds. The Kier molecular flexibility index (Phi) is 9.50. The highest BCUT2D eigenvalue weighted by Gasteiger charge is 2.13. The van der Waals surface area contributed by atoms with Gasteiger partial charge in [-0.25, -0.2) is 18.4 Å². The topological polar surface area (TPSA) is 96.6 Å². The summed E-state index contributed by atoms with van der Waals surface area (Å²) in [7, 11) is -3.34. The molecule has 0 saturated carbocycles. The van der Waals surface area contributed by atoms with Gasteiger partial charge in [0.1, 0.15) is 12.0 Å². The Bertz CT molecular complexity index is 1080. The van der Waals surface area contributed by atoms with Crippen molar-refractivity contribution in [3.8, 4) is 11.5 Å². The number of aryl methyl sites for hydroxylation is 1. The van der Waals surface area contributed by atoms with Crippen LogP contribution >= 0.6 is 24.0 Å². The molecule has 1 heterocycles. The molecule has 31 heavy (non-hydrogen) atoms. The standard InChI is InChI=1S/C22H26N4O3S.HI/c1-3-23-22(24-13-14-30(27,28)20-7-5-4-6-8-20)25-15-19-16-29-21(26-19)18-11-9-17(2)10-12-18;/h4-12,16H,3,13-15H2,1-2H3,(H2,23,24,25);1H. The number of aliphatic imine (C=N–C) groups is 1. The minimum Gasteiger partial charge on any atom is -0.444 e. The number of nitrogens with one attached hydrogen (secondary N) is 2. The fraction of sp³-hybridized carbons (Fsp3) is 0.273. The van der Waals surface area contributed by atoms with Crippen molar-refractivity contribution in [2.75, 3.05) is 18.8 Å². The Morgan fingerprint density at radius 1 is 1.06 bits per heavy atom. The molecule has 0 unspecified atom stereocenters. The van der Waals surface area contributed by atoms with E-state index in [4.69, 9.17) is 4.42 Å². The van der Waals surface area contributed by atoms with E-state index in [2.05, 4.69) is 20.6 Å². The van der Waals surface area contributed by atoms with Crippen LogP contribution in [0.3, 0.4) is 0 Å². The van der Waals surface area contributed by atoms with Gasteiger partial charge in [0, 0.05) is 18.7 Å². The van der Waals surface area contributed by atoms with Crippen LogP contribution in [0.15, 0.2) is 75.2 Å². The Morgan fingerprint density at radius 3 is 2.45 bits per heavy atom. The maximum atomic E-state index is 12.4. The molecule has 0 radical (unpaired) electrons. The number of hydrogen-bond donors (Lipinski definition) is 2. The molecule has 166 valence electrons. The number of benzene rings is 2. The van der Waals surface area contributed by atoms with Gasteiger partial charge < -0.3 is 15.1 Å². The lowest BCUT2D eigenvalue weighted by Crippen LogP contribution is -2.39. The third-order valence-electron chi connectivity index (χ3n) is 4.36. The van der Waals surface area contributed by atoms with E-state index in [1.54, 1.807) is 36.6 Å². The van der Waals surface area contributed by atoms with E-state index in [-0.39, 0.29) is 36.3 Å². The van der Waals surface area contributed by atoms with Crippen LogP contribution in [0.1, 0.15) is 18.2 Å². The quantitative estimate of drug-likeness (QED) is 0.250. The average Bonchev–Trinajstić information content (AvgIpc) is 3.22. The number of oxazole rings is 1. The van der Waals surface area contributed by atoms with Crippen LogP contribution in [0.2, 0.25) is 0 Å². The normalized spacial score (nSPS) is 11.6. The average molecular weight is 554 g/mol. The van der Waals surface area contributed by atoms with Crippen molar-refractivity contribution >= 4 is 39.8 Å². The molecule has 3 rings (SSSR count). The third kappa shape index (κ3) is 7.35. The molecule has 0 aliphatic carbocycles.